The van der Waals surface area contributed by atoms with E-state index in [9.17, 15) is 9.59 Å². The number of rotatable bonds is 2. The van der Waals surface area contributed by atoms with E-state index in [-0.39, 0.29) is 6.54 Å². The van der Waals surface area contributed by atoms with Crippen molar-refractivity contribution in [3.8, 4) is 6.07 Å². The fraction of sp³-hybridized carbons (Fsp3) is 0.750. The Labute approximate surface area is 107 Å². The van der Waals surface area contributed by atoms with Crippen LogP contribution in [0.15, 0.2) is 0 Å². The van der Waals surface area contributed by atoms with Crippen LogP contribution in [0.25, 0.3) is 0 Å². The molecule has 6 heteroatoms. The van der Waals surface area contributed by atoms with Crippen molar-refractivity contribution in [1.29, 1.82) is 5.26 Å². The van der Waals surface area contributed by atoms with E-state index in [2.05, 4.69) is 10.2 Å². The van der Waals surface area contributed by atoms with Gasteiger partial charge in [-0.25, -0.2) is 0 Å². The highest BCUT2D eigenvalue weighted by atomic mass is 16.2. The van der Waals surface area contributed by atoms with Gasteiger partial charge in [0, 0.05) is 19.1 Å². The second-order valence-electron chi connectivity index (χ2n) is 4.78. The van der Waals surface area contributed by atoms with Crippen LogP contribution in [0, 0.1) is 11.3 Å². The van der Waals surface area contributed by atoms with Crippen LogP contribution >= 0.6 is 0 Å². The zero-order chi connectivity index (χ0) is 13.0. The van der Waals surface area contributed by atoms with E-state index in [1.807, 2.05) is 0 Å². The molecule has 0 aromatic carbocycles. The van der Waals surface area contributed by atoms with Crippen molar-refractivity contribution < 1.29 is 9.59 Å². The Hall–Kier alpha value is -1.61. The number of nitrogens with zero attached hydrogens (tertiary/aromatic N) is 3. The lowest BCUT2D eigenvalue weighted by molar-refractivity contribution is -0.145. The number of hydrogen-bond donors (Lipinski definition) is 1. The molecule has 0 saturated carbocycles. The highest BCUT2D eigenvalue weighted by Gasteiger charge is 2.33. The summed E-state index contributed by atoms with van der Waals surface area (Å²) in [6.45, 7) is 3.37. The highest BCUT2D eigenvalue weighted by Crippen LogP contribution is 2.20. The third kappa shape index (κ3) is 2.79. The molecule has 0 aromatic rings. The maximum Gasteiger partial charge on any atom is 0.311 e. The van der Waals surface area contributed by atoms with Gasteiger partial charge in [0.2, 0.25) is 0 Å². The molecule has 2 amide bonds. The van der Waals surface area contributed by atoms with Crippen LogP contribution in [0.4, 0.5) is 0 Å². The van der Waals surface area contributed by atoms with Crippen LogP contribution < -0.4 is 5.32 Å². The average molecular weight is 250 g/mol. The summed E-state index contributed by atoms with van der Waals surface area (Å²) < 4.78 is 0. The third-order valence-electron chi connectivity index (χ3n) is 3.63. The summed E-state index contributed by atoms with van der Waals surface area (Å²) in [5.74, 6) is -1.18. The number of amides is 2. The molecular weight excluding hydrogens is 232 g/mol. The molecule has 1 atom stereocenters. The van der Waals surface area contributed by atoms with Gasteiger partial charge in [-0.2, -0.15) is 5.26 Å². The van der Waals surface area contributed by atoms with Gasteiger partial charge in [-0.1, -0.05) is 0 Å². The minimum atomic E-state index is -0.668. The van der Waals surface area contributed by atoms with Crippen molar-refractivity contribution in [3.63, 3.8) is 0 Å². The molecule has 2 fully saturated rings. The molecule has 18 heavy (non-hydrogen) atoms. The van der Waals surface area contributed by atoms with Gasteiger partial charge in [0.05, 0.1) is 6.07 Å². The zero-order valence-electron chi connectivity index (χ0n) is 10.4. The first-order valence-electron chi connectivity index (χ1n) is 6.40. The molecule has 2 aliphatic rings. The molecule has 0 aromatic heterocycles. The maximum atomic E-state index is 11.8. The number of carbonyl (C=O) groups is 2. The Morgan fingerprint density at radius 2 is 2.00 bits per heavy atom. The standard InChI is InChI=1S/C12H18N4O2/c13-4-5-14-11(17)12(18)16-8-3-10(9-16)15-6-1-2-7-15/h10H,1-3,5-9H2,(H,14,17). The summed E-state index contributed by atoms with van der Waals surface area (Å²) in [5.41, 5.74) is 0. The molecule has 0 bridgehead atoms. The summed E-state index contributed by atoms with van der Waals surface area (Å²) in [6.07, 6.45) is 3.40. The number of nitriles is 1. The van der Waals surface area contributed by atoms with E-state index in [1.54, 1.807) is 11.0 Å². The molecule has 0 aliphatic carbocycles. The van der Waals surface area contributed by atoms with E-state index in [0.29, 0.717) is 19.1 Å². The average Bonchev–Trinajstić information content (AvgIpc) is 3.04. The summed E-state index contributed by atoms with van der Waals surface area (Å²) in [5, 5.41) is 10.6. The molecule has 2 aliphatic heterocycles. The lowest BCUT2D eigenvalue weighted by Crippen LogP contribution is -2.43. The Bertz CT molecular complexity index is 371. The molecule has 2 saturated heterocycles. The predicted octanol–water partition coefficient (Wildman–Crippen LogP) is -0.677. The van der Waals surface area contributed by atoms with Crippen LogP contribution in [0.2, 0.25) is 0 Å². The van der Waals surface area contributed by atoms with Crippen molar-refractivity contribution in [3.05, 3.63) is 0 Å². The van der Waals surface area contributed by atoms with E-state index >= 15 is 0 Å². The second kappa shape index (κ2) is 5.83. The SMILES string of the molecule is N#CCNC(=O)C(=O)N1CCC(N2CCCC2)C1. The minimum Gasteiger partial charge on any atom is -0.335 e. The van der Waals surface area contributed by atoms with Crippen molar-refractivity contribution in [2.24, 2.45) is 0 Å². The largest absolute Gasteiger partial charge is 0.335 e. The maximum absolute atomic E-state index is 11.8. The van der Waals surface area contributed by atoms with Gasteiger partial charge in [0.25, 0.3) is 0 Å². The summed E-state index contributed by atoms with van der Waals surface area (Å²) in [7, 11) is 0. The van der Waals surface area contributed by atoms with Crippen molar-refractivity contribution in [1.82, 2.24) is 15.1 Å². The first kappa shape index (κ1) is 12.8. The van der Waals surface area contributed by atoms with E-state index < -0.39 is 11.8 Å². The Kier molecular flexibility index (Phi) is 4.15. The van der Waals surface area contributed by atoms with E-state index in [4.69, 9.17) is 5.26 Å². The zero-order valence-corrected chi connectivity index (χ0v) is 10.4. The Morgan fingerprint density at radius 1 is 1.28 bits per heavy atom. The molecule has 2 rings (SSSR count). The lowest BCUT2D eigenvalue weighted by atomic mass is 10.2. The van der Waals surface area contributed by atoms with Gasteiger partial charge in [0.15, 0.2) is 0 Å². The molecule has 1 N–H and O–H groups in total. The Morgan fingerprint density at radius 3 is 2.67 bits per heavy atom. The topological polar surface area (TPSA) is 76.4 Å². The van der Waals surface area contributed by atoms with Crippen LogP contribution in [0.5, 0.6) is 0 Å². The smallest absolute Gasteiger partial charge is 0.311 e. The summed E-state index contributed by atoms with van der Waals surface area (Å²) in [6, 6.07) is 2.19. The predicted molar refractivity (Wildman–Crippen MR) is 64.4 cm³/mol. The molecule has 2 heterocycles. The Balaban J connectivity index is 1.82. The van der Waals surface area contributed by atoms with Gasteiger partial charge in [0.1, 0.15) is 6.54 Å². The molecule has 1 unspecified atom stereocenters. The monoisotopic (exact) mass is 250 g/mol. The molecular formula is C12H18N4O2. The van der Waals surface area contributed by atoms with Crippen LogP contribution in [-0.4, -0.2) is 60.4 Å². The van der Waals surface area contributed by atoms with Crippen LogP contribution in [-0.2, 0) is 9.59 Å². The number of nitrogens with one attached hydrogen (secondary N) is 1. The normalized spacial score (nSPS) is 23.9. The van der Waals surface area contributed by atoms with Crippen LogP contribution in [0.3, 0.4) is 0 Å². The van der Waals surface area contributed by atoms with Gasteiger partial charge in [-0.15, -0.1) is 0 Å². The van der Waals surface area contributed by atoms with Crippen molar-refractivity contribution in [2.45, 2.75) is 25.3 Å². The summed E-state index contributed by atoms with van der Waals surface area (Å²) >= 11 is 0. The molecule has 0 spiro atoms. The molecule has 6 nitrogen and oxygen atoms in total. The van der Waals surface area contributed by atoms with Gasteiger partial charge in [-0.05, 0) is 32.4 Å². The first-order chi connectivity index (χ1) is 8.72. The van der Waals surface area contributed by atoms with Crippen molar-refractivity contribution >= 4 is 11.8 Å². The first-order valence-corrected chi connectivity index (χ1v) is 6.40. The van der Waals surface area contributed by atoms with Gasteiger partial charge in [-0.3, -0.25) is 14.5 Å². The lowest BCUT2D eigenvalue weighted by Gasteiger charge is -2.23. The molecule has 0 radical (unpaired) electrons. The highest BCUT2D eigenvalue weighted by molar-refractivity contribution is 6.35. The van der Waals surface area contributed by atoms with Crippen LogP contribution in [0.1, 0.15) is 19.3 Å². The number of likely N-dealkylation sites (tertiary alicyclic amines) is 2. The van der Waals surface area contributed by atoms with Gasteiger partial charge >= 0.3 is 11.8 Å². The second-order valence-corrected chi connectivity index (χ2v) is 4.78. The number of hydrogen-bond acceptors (Lipinski definition) is 4. The summed E-state index contributed by atoms with van der Waals surface area (Å²) in [4.78, 5) is 27.2. The van der Waals surface area contributed by atoms with Gasteiger partial charge < -0.3 is 10.2 Å². The van der Waals surface area contributed by atoms with Crippen molar-refractivity contribution in [2.75, 3.05) is 32.7 Å². The fourth-order valence-corrected chi connectivity index (χ4v) is 2.67. The van der Waals surface area contributed by atoms with E-state index in [0.717, 1.165) is 19.5 Å². The number of carbonyl (C=O) groups excluding carboxylic acids is 2. The molecule has 98 valence electrons. The quantitative estimate of drug-likeness (QED) is 0.520. The third-order valence-corrected chi connectivity index (χ3v) is 3.63. The van der Waals surface area contributed by atoms with E-state index in [1.165, 1.54) is 12.8 Å². The minimum absolute atomic E-state index is 0.117. The fourth-order valence-electron chi connectivity index (χ4n) is 2.67.